The minimum Gasteiger partial charge on any atom is -0.598 e. The molecule has 0 spiro atoms. The lowest BCUT2D eigenvalue weighted by molar-refractivity contribution is -0.155. The fourth-order valence-corrected chi connectivity index (χ4v) is 5.04. The van der Waals surface area contributed by atoms with E-state index >= 15 is 4.39 Å². The van der Waals surface area contributed by atoms with Gasteiger partial charge >= 0.3 is 5.97 Å². The standard InChI is InChI=1S/C27H44FN3O5SSi/c1-17-22(18-13-14-29-24(28)19(18)16-34-38(11,12)27(8,9)10)23(36-30-17)20(31-37(33)26(5,6)7)15-21(32)35-25(2,3)4/h13-14,20,31H,15-16H2,1-12H3/t20-,37?/m0/s1. The van der Waals surface area contributed by atoms with Gasteiger partial charge in [0.2, 0.25) is 5.95 Å². The average molecular weight is 570 g/mol. The summed E-state index contributed by atoms with van der Waals surface area (Å²) in [5, 5.41) is 4.08. The number of esters is 1. The van der Waals surface area contributed by atoms with Gasteiger partial charge < -0.3 is 18.2 Å². The molecule has 0 aliphatic carbocycles. The van der Waals surface area contributed by atoms with Crippen LogP contribution < -0.4 is 4.72 Å². The molecule has 0 bridgehead atoms. The smallest absolute Gasteiger partial charge is 0.308 e. The molecule has 38 heavy (non-hydrogen) atoms. The highest BCUT2D eigenvalue weighted by Crippen LogP contribution is 2.40. The zero-order valence-electron chi connectivity index (χ0n) is 24.9. The van der Waals surface area contributed by atoms with E-state index in [9.17, 15) is 9.35 Å². The Balaban J connectivity index is 2.59. The number of halogens is 1. The molecule has 1 unspecified atom stereocenters. The zero-order chi connectivity index (χ0) is 29.3. The van der Waals surface area contributed by atoms with E-state index in [0.717, 1.165) is 0 Å². The molecule has 8 nitrogen and oxygen atoms in total. The van der Waals surface area contributed by atoms with Gasteiger partial charge in [-0.25, -0.2) is 4.98 Å². The van der Waals surface area contributed by atoms with E-state index in [1.165, 1.54) is 6.20 Å². The van der Waals surface area contributed by atoms with Gasteiger partial charge in [-0.15, -0.1) is 4.72 Å². The van der Waals surface area contributed by atoms with Gasteiger partial charge in [-0.1, -0.05) is 25.9 Å². The van der Waals surface area contributed by atoms with Gasteiger partial charge in [-0.2, -0.15) is 4.39 Å². The Morgan fingerprint density at radius 3 is 2.32 bits per heavy atom. The van der Waals surface area contributed by atoms with Gasteiger partial charge in [0.15, 0.2) is 14.1 Å². The van der Waals surface area contributed by atoms with Crippen LogP contribution in [0.5, 0.6) is 0 Å². The normalized spacial score (nSPS) is 14.9. The van der Waals surface area contributed by atoms with E-state index in [-0.39, 0.29) is 29.4 Å². The van der Waals surface area contributed by atoms with Crippen LogP contribution in [-0.2, 0) is 31.9 Å². The topological polar surface area (TPSA) is 110 Å². The van der Waals surface area contributed by atoms with Gasteiger partial charge in [-0.05, 0) is 78.2 Å². The number of carbonyl (C=O) groups is 1. The molecule has 11 heteroatoms. The molecule has 2 aromatic heterocycles. The monoisotopic (exact) mass is 569 g/mol. The number of aromatic nitrogens is 2. The van der Waals surface area contributed by atoms with Crippen molar-refractivity contribution in [2.75, 3.05) is 0 Å². The number of nitrogens with zero attached hydrogens (tertiary/aromatic N) is 2. The maximum Gasteiger partial charge on any atom is 0.308 e. The first kappa shape index (κ1) is 32.4. The number of pyridine rings is 1. The van der Waals surface area contributed by atoms with Gasteiger partial charge in [0.05, 0.1) is 18.7 Å². The molecule has 0 aliphatic rings. The largest absolute Gasteiger partial charge is 0.598 e. The highest BCUT2D eigenvalue weighted by atomic mass is 32.2. The van der Waals surface area contributed by atoms with E-state index in [2.05, 4.69) is 48.7 Å². The van der Waals surface area contributed by atoms with Crippen LogP contribution in [0, 0.1) is 12.9 Å². The SMILES string of the molecule is Cc1noc([C@H](CC(=O)OC(C)(C)C)N[S+]([O-])C(C)(C)C)c1-c1ccnc(F)c1CO[Si](C)(C)C(C)(C)C. The minimum absolute atomic E-state index is 0.0215. The van der Waals surface area contributed by atoms with Crippen molar-refractivity contribution >= 4 is 25.6 Å². The summed E-state index contributed by atoms with van der Waals surface area (Å²) in [6.07, 6.45) is 1.21. The molecular formula is C27H44FN3O5SSi. The minimum atomic E-state index is -2.20. The van der Waals surface area contributed by atoms with Gasteiger partial charge in [0.1, 0.15) is 16.4 Å². The van der Waals surface area contributed by atoms with E-state index < -0.39 is 48.0 Å². The van der Waals surface area contributed by atoms with Crippen molar-refractivity contribution in [2.24, 2.45) is 0 Å². The second kappa shape index (κ2) is 11.8. The quantitative estimate of drug-likeness (QED) is 0.157. The number of hydrogen-bond donors (Lipinski definition) is 1. The van der Waals surface area contributed by atoms with Crippen molar-refractivity contribution < 1.29 is 27.4 Å². The van der Waals surface area contributed by atoms with E-state index in [4.69, 9.17) is 13.7 Å². The number of rotatable bonds is 9. The predicted molar refractivity (Wildman–Crippen MR) is 151 cm³/mol. The summed E-state index contributed by atoms with van der Waals surface area (Å²) in [5.74, 6) is -0.879. The molecule has 2 rings (SSSR count). The second-order valence-corrected chi connectivity index (χ2v) is 19.8. The first-order valence-corrected chi connectivity index (χ1v) is 16.8. The van der Waals surface area contributed by atoms with Crippen LogP contribution in [0.3, 0.4) is 0 Å². The Bertz CT molecular complexity index is 1120. The molecule has 0 aromatic carbocycles. The molecule has 1 N–H and O–H groups in total. The average Bonchev–Trinajstić information content (AvgIpc) is 3.10. The molecule has 2 heterocycles. The van der Waals surface area contributed by atoms with Crippen molar-refractivity contribution in [1.29, 1.82) is 0 Å². The maximum absolute atomic E-state index is 15.2. The van der Waals surface area contributed by atoms with Crippen LogP contribution in [-0.4, -0.2) is 39.3 Å². The van der Waals surface area contributed by atoms with Gasteiger partial charge in [0, 0.05) is 28.7 Å². The molecular weight excluding hydrogens is 525 g/mol. The summed E-state index contributed by atoms with van der Waals surface area (Å²) in [5.41, 5.74) is 1.08. The summed E-state index contributed by atoms with van der Waals surface area (Å²) in [7, 11) is -2.20. The van der Waals surface area contributed by atoms with Crippen LogP contribution in [0.1, 0.15) is 91.8 Å². The first-order chi connectivity index (χ1) is 17.1. The van der Waals surface area contributed by atoms with Gasteiger partial charge in [-0.3, -0.25) is 4.79 Å². The fraction of sp³-hybridized carbons (Fsp3) is 0.667. The third kappa shape index (κ3) is 8.35. The highest BCUT2D eigenvalue weighted by molar-refractivity contribution is 7.90. The lowest BCUT2D eigenvalue weighted by Gasteiger charge is -2.36. The van der Waals surface area contributed by atoms with Crippen molar-refractivity contribution in [3.8, 4) is 11.1 Å². The molecule has 0 amide bonds. The Kier molecular flexibility index (Phi) is 10.0. The second-order valence-electron chi connectivity index (χ2n) is 13.0. The summed E-state index contributed by atoms with van der Waals surface area (Å²) in [6, 6.07) is 0.841. The highest BCUT2D eigenvalue weighted by Gasteiger charge is 2.39. The molecule has 2 atom stereocenters. The Morgan fingerprint density at radius 1 is 1.18 bits per heavy atom. The summed E-state index contributed by atoms with van der Waals surface area (Å²) < 4.78 is 48.3. The number of nitrogens with one attached hydrogen (secondary N) is 1. The summed E-state index contributed by atoms with van der Waals surface area (Å²) in [6.45, 7) is 23.1. The van der Waals surface area contributed by atoms with Crippen molar-refractivity contribution in [3.05, 3.63) is 35.2 Å². The van der Waals surface area contributed by atoms with Crippen LogP contribution in [0.25, 0.3) is 11.1 Å². The predicted octanol–water partition coefficient (Wildman–Crippen LogP) is 6.53. The van der Waals surface area contributed by atoms with Crippen LogP contribution in [0.4, 0.5) is 4.39 Å². The van der Waals surface area contributed by atoms with Crippen molar-refractivity contribution in [1.82, 2.24) is 14.9 Å². The Hall–Kier alpha value is -1.79. The third-order valence-electron chi connectivity index (χ3n) is 6.46. The van der Waals surface area contributed by atoms with Crippen LogP contribution >= 0.6 is 0 Å². The van der Waals surface area contributed by atoms with E-state index in [1.54, 1.807) is 33.8 Å². The number of aryl methyl sites for hydroxylation is 1. The molecule has 0 saturated carbocycles. The van der Waals surface area contributed by atoms with Crippen molar-refractivity contribution in [3.63, 3.8) is 0 Å². The van der Waals surface area contributed by atoms with E-state index in [0.29, 0.717) is 16.8 Å². The lowest BCUT2D eigenvalue weighted by atomic mass is 9.96. The Morgan fingerprint density at radius 2 is 1.79 bits per heavy atom. The molecule has 0 radical (unpaired) electrons. The van der Waals surface area contributed by atoms with Gasteiger partial charge in [0.25, 0.3) is 0 Å². The third-order valence-corrected chi connectivity index (χ3v) is 12.5. The number of hydrogen-bond acceptors (Lipinski definition) is 8. The number of carbonyl (C=O) groups excluding carboxylic acids is 1. The fourth-order valence-electron chi connectivity index (χ4n) is 3.30. The maximum atomic E-state index is 15.2. The molecule has 0 fully saturated rings. The van der Waals surface area contributed by atoms with Crippen LogP contribution in [0.15, 0.2) is 16.8 Å². The number of ether oxygens (including phenoxy) is 1. The molecule has 0 aliphatic heterocycles. The first-order valence-electron chi connectivity index (χ1n) is 12.8. The van der Waals surface area contributed by atoms with Crippen LogP contribution in [0.2, 0.25) is 18.1 Å². The molecule has 0 saturated heterocycles. The van der Waals surface area contributed by atoms with Crippen molar-refractivity contribution in [2.45, 2.75) is 117 Å². The molecule has 2 aromatic rings. The summed E-state index contributed by atoms with van der Waals surface area (Å²) in [4.78, 5) is 16.7. The lowest BCUT2D eigenvalue weighted by Crippen LogP contribution is -2.42. The van der Waals surface area contributed by atoms with E-state index in [1.807, 2.05) is 20.8 Å². The molecule has 214 valence electrons. The summed E-state index contributed by atoms with van der Waals surface area (Å²) >= 11 is -1.55. The zero-order valence-corrected chi connectivity index (χ0v) is 26.7. The Labute approximate surface area is 230 Å².